The van der Waals surface area contributed by atoms with Crippen LogP contribution in [0, 0.1) is 0 Å². The lowest BCUT2D eigenvalue weighted by Crippen LogP contribution is -2.44. The van der Waals surface area contributed by atoms with Crippen LogP contribution < -0.4 is 9.47 Å². The highest BCUT2D eigenvalue weighted by Gasteiger charge is 2.32. The van der Waals surface area contributed by atoms with Gasteiger partial charge in [-0.3, -0.25) is 9.69 Å². The zero-order valence-corrected chi connectivity index (χ0v) is 14.9. The number of fused-ring (bicyclic) bond motifs is 1. The van der Waals surface area contributed by atoms with Gasteiger partial charge >= 0.3 is 0 Å². The molecule has 0 spiro atoms. The average Bonchev–Trinajstić information content (AvgIpc) is 3.33. The van der Waals surface area contributed by atoms with Gasteiger partial charge in [0.25, 0.3) is 0 Å². The van der Waals surface area contributed by atoms with Crippen molar-refractivity contribution in [3.05, 3.63) is 36.0 Å². The van der Waals surface area contributed by atoms with Crippen LogP contribution >= 0.6 is 0 Å². The van der Waals surface area contributed by atoms with Gasteiger partial charge < -0.3 is 18.9 Å². The molecule has 4 rings (SSSR count). The van der Waals surface area contributed by atoms with Crippen LogP contribution in [0.3, 0.4) is 0 Å². The highest BCUT2D eigenvalue weighted by atomic mass is 16.7. The molecule has 1 aromatic heterocycles. The van der Waals surface area contributed by atoms with Crippen LogP contribution in [0.15, 0.2) is 29.1 Å². The van der Waals surface area contributed by atoms with Gasteiger partial charge in [0.15, 0.2) is 17.3 Å². The number of piperidine rings is 1. The molecule has 0 aliphatic carbocycles. The lowest BCUT2D eigenvalue weighted by Gasteiger charge is -2.35. The number of aromatic nitrogens is 2. The number of rotatable bonds is 4. The molecule has 8 heteroatoms. The van der Waals surface area contributed by atoms with Crippen molar-refractivity contribution in [2.75, 3.05) is 34.0 Å². The summed E-state index contributed by atoms with van der Waals surface area (Å²) in [4.78, 5) is 21.2. The Bertz CT molecular complexity index is 770. The molecule has 3 heterocycles. The molecule has 2 aliphatic heterocycles. The minimum absolute atomic E-state index is 0.0976. The minimum atomic E-state index is -0.355. The Labute approximate surface area is 151 Å². The molecule has 0 unspecified atom stereocenters. The molecule has 1 saturated heterocycles. The van der Waals surface area contributed by atoms with E-state index in [1.165, 1.54) is 6.39 Å². The molecule has 0 radical (unpaired) electrons. The quantitative estimate of drug-likeness (QED) is 0.824. The van der Waals surface area contributed by atoms with Gasteiger partial charge in [-0.05, 0) is 44.6 Å². The van der Waals surface area contributed by atoms with Gasteiger partial charge in [-0.1, -0.05) is 11.2 Å². The molecule has 2 aliphatic rings. The summed E-state index contributed by atoms with van der Waals surface area (Å²) >= 11 is 0. The van der Waals surface area contributed by atoms with Crippen molar-refractivity contribution in [2.24, 2.45) is 0 Å². The van der Waals surface area contributed by atoms with E-state index < -0.39 is 0 Å². The van der Waals surface area contributed by atoms with E-state index in [9.17, 15) is 4.79 Å². The first-order chi connectivity index (χ1) is 12.6. The Morgan fingerprint density at radius 2 is 2.00 bits per heavy atom. The molecular weight excluding hydrogens is 336 g/mol. The molecular formula is C18H22N4O4. The average molecular weight is 358 g/mol. The smallest absolute Gasteiger partial charge is 0.244 e. The van der Waals surface area contributed by atoms with E-state index in [-0.39, 0.29) is 24.7 Å². The molecule has 0 bridgehead atoms. The molecule has 0 N–H and O–H groups in total. The van der Waals surface area contributed by atoms with Crippen LogP contribution in [0.25, 0.3) is 0 Å². The summed E-state index contributed by atoms with van der Waals surface area (Å²) in [5.74, 6) is 2.50. The van der Waals surface area contributed by atoms with Crippen LogP contribution in [0.5, 0.6) is 11.5 Å². The van der Waals surface area contributed by atoms with E-state index in [0.717, 1.165) is 30.0 Å². The van der Waals surface area contributed by atoms with Crippen LogP contribution in [0.2, 0.25) is 0 Å². The lowest BCUT2D eigenvalue weighted by atomic mass is 9.95. The first kappa shape index (κ1) is 16.8. The minimum Gasteiger partial charge on any atom is -0.454 e. The van der Waals surface area contributed by atoms with Gasteiger partial charge in [0.1, 0.15) is 6.04 Å². The summed E-state index contributed by atoms with van der Waals surface area (Å²) < 4.78 is 15.7. The maximum atomic E-state index is 13.2. The molecule has 0 saturated carbocycles. The highest BCUT2D eigenvalue weighted by Crippen LogP contribution is 2.36. The number of nitrogens with zero attached hydrogens (tertiary/aromatic N) is 4. The number of hydrogen-bond donors (Lipinski definition) is 0. The summed E-state index contributed by atoms with van der Waals surface area (Å²) in [5.41, 5.74) is 0.907. The van der Waals surface area contributed by atoms with Crippen LogP contribution in [-0.2, 0) is 4.79 Å². The SMILES string of the molecule is CN(C)[C@H](C(=O)N1CCC(c2ncon2)CC1)c1ccc2c(c1)OCO2. The predicted molar refractivity (Wildman–Crippen MR) is 91.8 cm³/mol. The van der Waals surface area contributed by atoms with Gasteiger partial charge in [0.05, 0.1) is 0 Å². The summed E-state index contributed by atoms with van der Waals surface area (Å²) in [6.07, 6.45) is 3.04. The maximum absolute atomic E-state index is 13.2. The topological polar surface area (TPSA) is 80.9 Å². The number of carbonyl (C=O) groups is 1. The highest BCUT2D eigenvalue weighted by molar-refractivity contribution is 5.83. The van der Waals surface area contributed by atoms with Crippen molar-refractivity contribution in [3.8, 4) is 11.5 Å². The largest absolute Gasteiger partial charge is 0.454 e. The Hall–Kier alpha value is -2.61. The standard InChI is InChI=1S/C18H22N4O4/c1-21(2)16(13-3-4-14-15(9-13)25-11-24-14)18(23)22-7-5-12(6-8-22)17-19-10-26-20-17/h3-4,9-10,12,16H,5-8,11H2,1-2H3/t16-/m0/s1. The predicted octanol–water partition coefficient (Wildman–Crippen LogP) is 1.81. The van der Waals surface area contributed by atoms with Crippen LogP contribution in [0.4, 0.5) is 0 Å². The number of likely N-dealkylation sites (N-methyl/N-ethyl adjacent to an activating group) is 1. The molecule has 1 atom stereocenters. The molecule has 1 amide bonds. The lowest BCUT2D eigenvalue weighted by molar-refractivity contribution is -0.137. The molecule has 1 aromatic carbocycles. The Morgan fingerprint density at radius 1 is 1.23 bits per heavy atom. The molecule has 1 fully saturated rings. The second kappa shape index (κ2) is 6.95. The number of benzene rings is 1. The second-order valence-corrected chi connectivity index (χ2v) is 6.87. The zero-order valence-electron chi connectivity index (χ0n) is 14.9. The molecule has 2 aromatic rings. The van der Waals surface area contributed by atoms with Crippen molar-refractivity contribution in [1.29, 1.82) is 0 Å². The van der Waals surface area contributed by atoms with Crippen molar-refractivity contribution in [3.63, 3.8) is 0 Å². The number of carbonyl (C=O) groups excluding carboxylic acids is 1. The third-order valence-electron chi connectivity index (χ3n) is 5.01. The molecule has 26 heavy (non-hydrogen) atoms. The summed E-state index contributed by atoms with van der Waals surface area (Å²) in [6, 6.07) is 5.34. The second-order valence-electron chi connectivity index (χ2n) is 6.87. The third kappa shape index (κ3) is 3.12. The number of hydrogen-bond acceptors (Lipinski definition) is 7. The van der Waals surface area contributed by atoms with Gasteiger partial charge in [0, 0.05) is 19.0 Å². The zero-order chi connectivity index (χ0) is 18.1. The number of amides is 1. The van der Waals surface area contributed by atoms with E-state index >= 15 is 0 Å². The van der Waals surface area contributed by atoms with Gasteiger partial charge in [-0.25, -0.2) is 0 Å². The first-order valence-electron chi connectivity index (χ1n) is 8.74. The normalized spacial score (nSPS) is 18.3. The van der Waals surface area contributed by atoms with E-state index in [2.05, 4.69) is 10.1 Å². The van der Waals surface area contributed by atoms with E-state index in [1.54, 1.807) is 0 Å². The van der Waals surface area contributed by atoms with Gasteiger partial charge in [0.2, 0.25) is 19.1 Å². The fraction of sp³-hybridized carbons (Fsp3) is 0.500. The van der Waals surface area contributed by atoms with Crippen molar-refractivity contribution < 1.29 is 18.8 Å². The monoisotopic (exact) mass is 358 g/mol. The first-order valence-corrected chi connectivity index (χ1v) is 8.74. The third-order valence-corrected chi connectivity index (χ3v) is 5.01. The maximum Gasteiger partial charge on any atom is 0.244 e. The Morgan fingerprint density at radius 3 is 2.69 bits per heavy atom. The van der Waals surface area contributed by atoms with Crippen LogP contribution in [-0.4, -0.2) is 59.8 Å². The van der Waals surface area contributed by atoms with Crippen LogP contribution in [0.1, 0.15) is 36.2 Å². The van der Waals surface area contributed by atoms with E-state index in [1.807, 2.05) is 42.1 Å². The van der Waals surface area contributed by atoms with Gasteiger partial charge in [-0.2, -0.15) is 4.98 Å². The molecule has 8 nitrogen and oxygen atoms in total. The Balaban J connectivity index is 1.48. The molecule has 138 valence electrons. The number of likely N-dealkylation sites (tertiary alicyclic amines) is 1. The summed E-state index contributed by atoms with van der Waals surface area (Å²) in [7, 11) is 3.83. The van der Waals surface area contributed by atoms with Gasteiger partial charge in [-0.15, -0.1) is 0 Å². The van der Waals surface area contributed by atoms with Crippen molar-refractivity contribution in [1.82, 2.24) is 19.9 Å². The summed E-state index contributed by atoms with van der Waals surface area (Å²) in [6.45, 7) is 1.60. The van der Waals surface area contributed by atoms with E-state index in [4.69, 9.17) is 14.0 Å². The summed E-state index contributed by atoms with van der Waals surface area (Å²) in [5, 5.41) is 3.93. The van der Waals surface area contributed by atoms with Crippen molar-refractivity contribution >= 4 is 5.91 Å². The Kier molecular flexibility index (Phi) is 4.50. The van der Waals surface area contributed by atoms with Crippen molar-refractivity contribution in [2.45, 2.75) is 24.8 Å². The fourth-order valence-electron chi connectivity index (χ4n) is 3.63. The number of ether oxygens (including phenoxy) is 2. The van der Waals surface area contributed by atoms with E-state index in [0.29, 0.717) is 18.8 Å². The fourth-order valence-corrected chi connectivity index (χ4v) is 3.63.